The molecule has 0 saturated heterocycles. The first-order chi connectivity index (χ1) is 12.3. The second-order valence-corrected chi connectivity index (χ2v) is 7.63. The van der Waals surface area contributed by atoms with Crippen LogP contribution >= 0.6 is 11.6 Å². The predicted octanol–water partition coefficient (Wildman–Crippen LogP) is 5.79. The van der Waals surface area contributed by atoms with Crippen LogP contribution in [0.4, 0.5) is 8.78 Å². The molecule has 3 heterocycles. The van der Waals surface area contributed by atoms with E-state index in [1.54, 1.807) is 6.20 Å². The van der Waals surface area contributed by atoms with Crippen LogP contribution in [0.25, 0.3) is 22.2 Å². The first-order valence-corrected chi connectivity index (χ1v) is 9.17. The molecule has 4 nitrogen and oxygen atoms in total. The largest absolute Gasteiger partial charge is 0.361 e. The first kappa shape index (κ1) is 17.5. The minimum absolute atomic E-state index is 0.0345. The number of fused-ring (bicyclic) bond motifs is 1. The Labute approximate surface area is 155 Å². The van der Waals surface area contributed by atoms with Crippen LogP contribution in [0, 0.1) is 19.8 Å². The molecule has 0 atom stereocenters. The molecule has 0 bridgehead atoms. The number of pyridine rings is 1. The highest BCUT2D eigenvalue weighted by molar-refractivity contribution is 6.35. The maximum absolute atomic E-state index is 13.4. The lowest BCUT2D eigenvalue weighted by atomic mass is 9.87. The molecular formula is C19H20ClF2N3O. The molecule has 1 fully saturated rings. The quantitative estimate of drug-likeness (QED) is 0.578. The average Bonchev–Trinajstić information content (AvgIpc) is 3.09. The maximum Gasteiger partial charge on any atom is 0.248 e. The molecule has 4 rings (SSSR count). The number of nitrogens with zero attached hydrogens (tertiary/aromatic N) is 3. The minimum atomic E-state index is -2.51. The van der Waals surface area contributed by atoms with Crippen LogP contribution in [0.15, 0.2) is 23.0 Å². The molecule has 0 spiro atoms. The van der Waals surface area contributed by atoms with E-state index >= 15 is 0 Å². The summed E-state index contributed by atoms with van der Waals surface area (Å²) in [7, 11) is 0. The zero-order valence-electron chi connectivity index (χ0n) is 14.7. The van der Waals surface area contributed by atoms with E-state index in [9.17, 15) is 8.78 Å². The topological polar surface area (TPSA) is 43.9 Å². The molecule has 138 valence electrons. The van der Waals surface area contributed by atoms with Gasteiger partial charge in [-0.2, -0.15) is 0 Å². The van der Waals surface area contributed by atoms with Crippen molar-refractivity contribution in [3.63, 3.8) is 0 Å². The molecule has 0 aliphatic heterocycles. The van der Waals surface area contributed by atoms with E-state index in [0.29, 0.717) is 24.4 Å². The van der Waals surface area contributed by atoms with Crippen molar-refractivity contribution in [2.75, 3.05) is 0 Å². The van der Waals surface area contributed by atoms with Crippen LogP contribution in [0.1, 0.15) is 37.1 Å². The Kier molecular flexibility index (Phi) is 4.26. The van der Waals surface area contributed by atoms with E-state index in [2.05, 4.69) is 10.1 Å². The SMILES string of the molecule is Cc1noc(C)c1-c1cnc2c(Cl)cn(CC3CCC(F)(F)CC3)c2c1. The Morgan fingerprint density at radius 2 is 2.04 bits per heavy atom. The van der Waals surface area contributed by atoms with Gasteiger partial charge in [-0.1, -0.05) is 16.8 Å². The molecule has 1 saturated carbocycles. The monoisotopic (exact) mass is 379 g/mol. The van der Waals surface area contributed by atoms with Crippen LogP contribution in [-0.4, -0.2) is 20.6 Å². The smallest absolute Gasteiger partial charge is 0.248 e. The van der Waals surface area contributed by atoms with Crippen LogP contribution in [0.3, 0.4) is 0 Å². The van der Waals surface area contributed by atoms with E-state index in [1.807, 2.05) is 30.7 Å². The van der Waals surface area contributed by atoms with E-state index in [0.717, 1.165) is 33.6 Å². The lowest BCUT2D eigenvalue weighted by Crippen LogP contribution is -2.26. The minimum Gasteiger partial charge on any atom is -0.361 e. The van der Waals surface area contributed by atoms with Gasteiger partial charge >= 0.3 is 0 Å². The highest BCUT2D eigenvalue weighted by atomic mass is 35.5. The molecule has 3 aromatic heterocycles. The molecule has 0 amide bonds. The second kappa shape index (κ2) is 6.34. The van der Waals surface area contributed by atoms with Gasteiger partial charge in [-0.3, -0.25) is 4.98 Å². The lowest BCUT2D eigenvalue weighted by molar-refractivity contribution is -0.0472. The summed E-state index contributed by atoms with van der Waals surface area (Å²) in [5, 5.41) is 4.58. The maximum atomic E-state index is 13.4. The van der Waals surface area contributed by atoms with Gasteiger partial charge < -0.3 is 9.09 Å². The molecule has 0 unspecified atom stereocenters. The van der Waals surface area contributed by atoms with Crippen LogP contribution in [0.2, 0.25) is 5.02 Å². The van der Waals surface area contributed by atoms with Gasteiger partial charge in [-0.05, 0) is 38.7 Å². The summed E-state index contributed by atoms with van der Waals surface area (Å²) in [6.45, 7) is 4.43. The summed E-state index contributed by atoms with van der Waals surface area (Å²) in [5.74, 6) is -1.54. The van der Waals surface area contributed by atoms with Crippen molar-refractivity contribution in [2.45, 2.75) is 52.0 Å². The lowest BCUT2D eigenvalue weighted by Gasteiger charge is -2.28. The van der Waals surface area contributed by atoms with E-state index in [4.69, 9.17) is 16.1 Å². The molecular weight excluding hydrogens is 360 g/mol. The van der Waals surface area contributed by atoms with Gasteiger partial charge in [0.15, 0.2) is 0 Å². The first-order valence-electron chi connectivity index (χ1n) is 8.79. The number of alkyl halides is 2. The van der Waals surface area contributed by atoms with Crippen LogP contribution in [-0.2, 0) is 6.54 Å². The summed E-state index contributed by atoms with van der Waals surface area (Å²) < 4.78 is 34.1. The van der Waals surface area contributed by atoms with E-state index < -0.39 is 5.92 Å². The van der Waals surface area contributed by atoms with Gasteiger partial charge in [0.2, 0.25) is 5.92 Å². The molecule has 7 heteroatoms. The van der Waals surface area contributed by atoms with Gasteiger partial charge in [0, 0.05) is 42.9 Å². The van der Waals surface area contributed by atoms with Crippen molar-refractivity contribution < 1.29 is 13.3 Å². The zero-order chi connectivity index (χ0) is 18.5. The number of hydrogen-bond acceptors (Lipinski definition) is 3. The fraction of sp³-hybridized carbons (Fsp3) is 0.474. The summed E-state index contributed by atoms with van der Waals surface area (Å²) in [5.41, 5.74) is 4.29. The number of hydrogen-bond donors (Lipinski definition) is 0. The Hall–Kier alpha value is -1.95. The number of rotatable bonds is 3. The highest BCUT2D eigenvalue weighted by Crippen LogP contribution is 2.38. The third kappa shape index (κ3) is 3.11. The molecule has 1 aliphatic rings. The Balaban J connectivity index is 1.68. The zero-order valence-corrected chi connectivity index (χ0v) is 15.5. The van der Waals surface area contributed by atoms with Gasteiger partial charge in [0.25, 0.3) is 0 Å². The van der Waals surface area contributed by atoms with Crippen molar-refractivity contribution in [3.05, 3.63) is 34.9 Å². The van der Waals surface area contributed by atoms with E-state index in [1.165, 1.54) is 0 Å². The Morgan fingerprint density at radius 1 is 1.31 bits per heavy atom. The van der Waals surface area contributed by atoms with Gasteiger partial charge in [0.05, 0.1) is 16.2 Å². The van der Waals surface area contributed by atoms with Crippen LogP contribution in [0.5, 0.6) is 0 Å². The summed E-state index contributed by atoms with van der Waals surface area (Å²) in [4.78, 5) is 4.51. The highest BCUT2D eigenvalue weighted by Gasteiger charge is 2.35. The molecule has 0 radical (unpaired) electrons. The third-order valence-corrected chi connectivity index (χ3v) is 5.56. The molecule has 26 heavy (non-hydrogen) atoms. The fourth-order valence-electron chi connectivity index (χ4n) is 3.87. The second-order valence-electron chi connectivity index (χ2n) is 7.22. The summed E-state index contributed by atoms with van der Waals surface area (Å²) >= 11 is 6.35. The van der Waals surface area contributed by atoms with Crippen molar-refractivity contribution >= 4 is 22.6 Å². The van der Waals surface area contributed by atoms with Crippen molar-refractivity contribution in [1.29, 1.82) is 0 Å². The Morgan fingerprint density at radius 3 is 2.69 bits per heavy atom. The molecule has 0 N–H and O–H groups in total. The van der Waals surface area contributed by atoms with Gasteiger partial charge in [-0.15, -0.1) is 0 Å². The summed E-state index contributed by atoms with van der Waals surface area (Å²) in [6.07, 6.45) is 4.61. The van der Waals surface area contributed by atoms with Crippen molar-refractivity contribution in [1.82, 2.24) is 14.7 Å². The molecule has 3 aromatic rings. The van der Waals surface area contributed by atoms with Crippen LogP contribution < -0.4 is 0 Å². The van der Waals surface area contributed by atoms with Crippen molar-refractivity contribution in [2.24, 2.45) is 5.92 Å². The number of aryl methyl sites for hydroxylation is 2. The normalized spacial score (nSPS) is 17.9. The summed E-state index contributed by atoms with van der Waals surface area (Å²) in [6, 6.07) is 2.03. The van der Waals surface area contributed by atoms with E-state index in [-0.39, 0.29) is 18.8 Å². The standard InChI is InChI=1S/C19H20ClF2N3O/c1-11-17(12(2)26-24-11)14-7-16-18(23-8-14)15(20)10-25(16)9-13-3-5-19(21,22)6-4-13/h7-8,10,13H,3-6,9H2,1-2H3. The molecule has 1 aliphatic carbocycles. The fourth-order valence-corrected chi connectivity index (χ4v) is 4.13. The van der Waals surface area contributed by atoms with Gasteiger partial charge in [-0.25, -0.2) is 8.78 Å². The van der Waals surface area contributed by atoms with Crippen molar-refractivity contribution in [3.8, 4) is 11.1 Å². The number of halogens is 3. The Bertz CT molecular complexity index is 934. The molecule has 0 aromatic carbocycles. The number of aromatic nitrogens is 3. The predicted molar refractivity (Wildman–Crippen MR) is 96.6 cm³/mol. The third-order valence-electron chi connectivity index (χ3n) is 5.29. The average molecular weight is 380 g/mol. The van der Waals surface area contributed by atoms with Gasteiger partial charge in [0.1, 0.15) is 11.3 Å².